The monoisotopic (exact) mass is 1720 g/mol. The molecule has 10 heterocycles. The van der Waals surface area contributed by atoms with Gasteiger partial charge < -0.3 is 61.0 Å². The summed E-state index contributed by atoms with van der Waals surface area (Å²) in [7, 11) is 0. The topological polar surface area (TPSA) is 340 Å². The third-order valence-electron chi connectivity index (χ3n) is 21.5. The highest BCUT2D eigenvalue weighted by Gasteiger charge is 2.18. The molecule has 10 N–H and O–H groups in total. The standard InChI is InChI=1S/C30H22N8.2C24H17N5.2C10H9N3.C7H7N3/c1-3-9-21(10-4-1)29-25-13-7-8-14-26(25)30(35-34-29)32-22-15-16-28-27(17-22)31-20-37(28)18-23-19-38(36-33-23)24-11-5-2-6-12-24;1-2-14-29-16-25-21-15-18(12-13-22(21)29)26-24-20-11-7-6-10-19(20)23(27-28-24)17-8-4-3-5-9-17;1-2-14-29-16-25-21-13-12-18(15-22(21)29)26-24-20-11-7-6-10-19(20)23(27-28-24)17-8-4-3-5-9-17;1-2-5-13-7-12-9-6-8(11)3-4-10(9)13;1-2-5-13-7-12-9-4-3-8(11)6-10(9)13;8-5-1-2-6-7(3-5)10-4-9-6/h1-17,19-20H,18H2,(H,32,35);2*1,3-13,15-16H,14H2,(H,26,28);2*1,3-4,6-7H,5,11H2;1-4H,8H2,(H,9,10). The fourth-order valence-corrected chi connectivity index (χ4v) is 15.2. The van der Waals surface area contributed by atoms with Gasteiger partial charge in [0.1, 0.15) is 22.8 Å². The van der Waals surface area contributed by atoms with Gasteiger partial charge in [-0.05, 0) is 121 Å². The van der Waals surface area contributed by atoms with Crippen LogP contribution in [0, 0.1) is 49.4 Å². The molecule has 0 amide bonds. The Kier molecular flexibility index (Phi) is 24.7. The summed E-state index contributed by atoms with van der Waals surface area (Å²) in [6.07, 6.45) is 33.7. The van der Waals surface area contributed by atoms with Gasteiger partial charge in [-0.2, -0.15) is 0 Å². The summed E-state index contributed by atoms with van der Waals surface area (Å²) in [6.45, 7) is 2.63. The number of hydrogen-bond acceptors (Lipinski definition) is 20. The average molecular weight is 1720 g/mol. The van der Waals surface area contributed by atoms with Gasteiger partial charge in [0.2, 0.25) is 0 Å². The van der Waals surface area contributed by atoms with E-state index in [1.165, 1.54) is 0 Å². The smallest absolute Gasteiger partial charge is 0.161 e. The molecule has 0 bridgehead atoms. The van der Waals surface area contributed by atoms with E-state index in [-0.39, 0.29) is 0 Å². The van der Waals surface area contributed by atoms with Crippen LogP contribution in [0.2, 0.25) is 0 Å². The number of imidazole rings is 6. The van der Waals surface area contributed by atoms with Crippen molar-refractivity contribution in [3.05, 3.63) is 353 Å². The molecule has 27 nitrogen and oxygen atoms in total. The van der Waals surface area contributed by atoms with Crippen molar-refractivity contribution >= 4 is 150 Å². The van der Waals surface area contributed by atoms with E-state index < -0.39 is 0 Å². The molecule has 0 unspecified atom stereocenters. The molecule has 10 aromatic heterocycles. The fraction of sp³-hybridized carbons (Fsp3) is 0.0476. The maximum absolute atomic E-state index is 5.66. The molecule has 23 rings (SSSR count). The number of aromatic amines is 1. The Morgan fingerprint density at radius 1 is 0.295 bits per heavy atom. The lowest BCUT2D eigenvalue weighted by atomic mass is 10.0. The molecule has 0 aliphatic rings. The minimum Gasteiger partial charge on any atom is -0.399 e. The molecule has 0 saturated heterocycles. The van der Waals surface area contributed by atoms with Crippen LogP contribution in [0.4, 0.5) is 51.6 Å². The maximum Gasteiger partial charge on any atom is 0.161 e. The van der Waals surface area contributed by atoms with Gasteiger partial charge in [-0.1, -0.05) is 211 Å². The normalized spacial score (nSPS) is 10.8. The first-order chi connectivity index (χ1) is 65.0. The van der Waals surface area contributed by atoms with Gasteiger partial charge in [-0.3, -0.25) is 0 Å². The number of para-hydroxylation sites is 1. The Morgan fingerprint density at radius 2 is 0.644 bits per heavy atom. The van der Waals surface area contributed by atoms with Crippen molar-refractivity contribution < 1.29 is 0 Å². The van der Waals surface area contributed by atoms with E-state index in [2.05, 4.69) is 175 Å². The van der Waals surface area contributed by atoms with Crippen LogP contribution in [-0.4, -0.2) is 103 Å². The van der Waals surface area contributed by atoms with Crippen molar-refractivity contribution in [2.45, 2.75) is 32.7 Å². The van der Waals surface area contributed by atoms with E-state index in [1.54, 1.807) is 36.3 Å². The van der Waals surface area contributed by atoms with E-state index in [1.807, 2.05) is 280 Å². The number of terminal acetylenes is 4. The second-order valence-corrected chi connectivity index (χ2v) is 30.3. The second-order valence-electron chi connectivity index (χ2n) is 30.3. The SMILES string of the molecule is C#CCn1cnc2cc(N)ccc21.C#CCn1cnc2cc(Nc3nnc(-c4ccccc4)c4ccccc34)ccc21.C#CCn1cnc2ccc(N)cc21.C#CCn1cnc2ccc(Nc3nnc(-c4ccccc4)c4ccccc34)cc21.Nc1ccc2nc[nH]c2c1.c1ccc(-c2nnc(Nc3ccc4c(c3)ncn4Cc3cn(-c4ccccc4)nn3)c3ccccc23)cc1. The maximum atomic E-state index is 5.66. The van der Waals surface area contributed by atoms with Crippen molar-refractivity contribution in [1.82, 2.24) is 103 Å². The summed E-state index contributed by atoms with van der Waals surface area (Å²) >= 11 is 0. The lowest BCUT2D eigenvalue weighted by Gasteiger charge is -2.11. The van der Waals surface area contributed by atoms with Crippen LogP contribution in [-0.2, 0) is 32.7 Å². The molecule has 23 aromatic rings. The van der Waals surface area contributed by atoms with Crippen LogP contribution < -0.4 is 33.2 Å². The molecular weight excluding hydrogens is 1640 g/mol. The Morgan fingerprint density at radius 3 is 1.11 bits per heavy atom. The Balaban J connectivity index is 0.000000112. The number of benzene rings is 13. The number of rotatable bonds is 16. The molecule has 0 aliphatic heterocycles. The zero-order valence-corrected chi connectivity index (χ0v) is 70.9. The van der Waals surface area contributed by atoms with Crippen molar-refractivity contribution in [3.8, 4) is 88.8 Å². The number of nitrogen functional groups attached to an aromatic ring is 3. The molecule has 132 heavy (non-hydrogen) atoms. The molecule has 13 aromatic carbocycles. The zero-order chi connectivity index (χ0) is 90.1. The van der Waals surface area contributed by atoms with Gasteiger partial charge in [-0.25, -0.2) is 34.6 Å². The van der Waals surface area contributed by atoms with Gasteiger partial charge in [0.25, 0.3) is 0 Å². The van der Waals surface area contributed by atoms with Crippen LogP contribution in [0.25, 0.3) is 138 Å². The fourth-order valence-electron chi connectivity index (χ4n) is 15.2. The summed E-state index contributed by atoms with van der Waals surface area (Å²) in [6, 6.07) is 99.7. The van der Waals surface area contributed by atoms with Gasteiger partial charge in [0, 0.05) is 83.1 Å². The lowest BCUT2D eigenvalue weighted by molar-refractivity contribution is 0.770. The number of nitrogens with zero attached hydrogens (tertiary/aromatic N) is 20. The largest absolute Gasteiger partial charge is 0.399 e. The molecule has 0 radical (unpaired) electrons. The summed E-state index contributed by atoms with van der Waals surface area (Å²) in [5, 5.41) is 52.1. The molecule has 0 atom stereocenters. The molecule has 0 spiro atoms. The van der Waals surface area contributed by atoms with E-state index in [0.717, 1.165) is 178 Å². The Bertz CT molecular complexity index is 8230. The predicted molar refractivity (Wildman–Crippen MR) is 529 cm³/mol. The Hall–Kier alpha value is -19.1. The van der Waals surface area contributed by atoms with E-state index in [0.29, 0.717) is 50.2 Å². The number of hydrogen-bond donors (Lipinski definition) is 7. The van der Waals surface area contributed by atoms with Gasteiger partial charge >= 0.3 is 0 Å². The van der Waals surface area contributed by atoms with Gasteiger partial charge in [0.05, 0.1) is 149 Å². The minimum atomic E-state index is 0.481. The van der Waals surface area contributed by atoms with Crippen LogP contribution in [0.5, 0.6) is 0 Å². The van der Waals surface area contributed by atoms with Crippen molar-refractivity contribution in [2.24, 2.45) is 0 Å². The molecule has 0 aliphatic carbocycles. The van der Waals surface area contributed by atoms with Crippen molar-refractivity contribution in [1.29, 1.82) is 0 Å². The number of H-pyrrole nitrogens is 1. The number of anilines is 9. The molecule has 0 saturated carbocycles. The van der Waals surface area contributed by atoms with E-state index >= 15 is 0 Å². The van der Waals surface area contributed by atoms with Gasteiger partial charge in [0.15, 0.2) is 17.5 Å². The molecular formula is C105H81N27. The highest BCUT2D eigenvalue weighted by Crippen LogP contribution is 2.37. The van der Waals surface area contributed by atoms with E-state index in [9.17, 15) is 0 Å². The quantitative estimate of drug-likeness (QED) is 0.0349. The van der Waals surface area contributed by atoms with Crippen molar-refractivity contribution in [2.75, 3.05) is 33.2 Å². The first-order valence-corrected chi connectivity index (χ1v) is 41.8. The second kappa shape index (κ2) is 39.0. The molecule has 636 valence electrons. The summed E-state index contributed by atoms with van der Waals surface area (Å²) in [4.78, 5) is 28.9. The Labute approximate surface area is 756 Å². The first-order valence-electron chi connectivity index (χ1n) is 41.8. The summed E-state index contributed by atoms with van der Waals surface area (Å²) in [5.74, 6) is 12.6. The number of aromatic nitrogens is 21. The van der Waals surface area contributed by atoms with E-state index in [4.69, 9.17) is 42.9 Å². The highest BCUT2D eigenvalue weighted by molar-refractivity contribution is 6.04. The number of nitrogens with one attached hydrogen (secondary N) is 4. The van der Waals surface area contributed by atoms with Crippen molar-refractivity contribution in [3.63, 3.8) is 0 Å². The van der Waals surface area contributed by atoms with Crippen LogP contribution in [0.1, 0.15) is 5.69 Å². The predicted octanol–water partition coefficient (Wildman–Crippen LogP) is 19.7. The lowest BCUT2D eigenvalue weighted by Crippen LogP contribution is -2.00. The van der Waals surface area contributed by atoms with Gasteiger partial charge in [-0.15, -0.1) is 61.4 Å². The van der Waals surface area contributed by atoms with Crippen LogP contribution in [0.3, 0.4) is 0 Å². The molecule has 27 heteroatoms. The third kappa shape index (κ3) is 18.8. The van der Waals surface area contributed by atoms with Crippen LogP contribution >= 0.6 is 0 Å². The zero-order valence-electron chi connectivity index (χ0n) is 70.9. The highest BCUT2D eigenvalue weighted by atomic mass is 15.4. The number of fused-ring (bicyclic) bond motifs is 9. The number of nitrogens with two attached hydrogens (primary N) is 3. The first kappa shape index (κ1) is 83.8. The average Bonchev–Trinajstić information content (AvgIpc) is 0.903. The molecule has 0 fully saturated rings. The summed E-state index contributed by atoms with van der Waals surface area (Å²) in [5.41, 5.74) is 40.7. The minimum absolute atomic E-state index is 0.481. The third-order valence-corrected chi connectivity index (χ3v) is 21.5. The van der Waals surface area contributed by atoms with Crippen LogP contribution in [0.15, 0.2) is 347 Å². The summed E-state index contributed by atoms with van der Waals surface area (Å²) < 4.78 is 11.6.